The molecule has 9 heavy (non-hydrogen) atoms. The lowest BCUT2D eigenvalue weighted by molar-refractivity contribution is -0.151. The Bertz CT molecular complexity index is 73.9. The summed E-state index contributed by atoms with van der Waals surface area (Å²) in [6.45, 7) is 0.944. The third-order valence-electron chi connectivity index (χ3n) is 0.741. The Morgan fingerprint density at radius 1 is 1.44 bits per heavy atom. The van der Waals surface area contributed by atoms with E-state index in [-0.39, 0.29) is 12.4 Å². The van der Waals surface area contributed by atoms with Gasteiger partial charge >= 0.3 is 6.18 Å². The van der Waals surface area contributed by atoms with Crippen LogP contribution in [-0.4, -0.2) is 12.2 Å². The third-order valence-corrected chi connectivity index (χ3v) is 0.741. The van der Waals surface area contributed by atoms with Gasteiger partial charge in [0.25, 0.3) is 0 Å². The molecule has 0 bridgehead atoms. The Kier molecular flexibility index (Phi) is 5.12. The van der Waals surface area contributed by atoms with Crippen LogP contribution in [0.5, 0.6) is 0 Å². The minimum atomic E-state index is -4.23. The maximum absolute atomic E-state index is 11.3. The van der Waals surface area contributed by atoms with Gasteiger partial charge in [-0.25, -0.2) is 5.43 Å². The van der Waals surface area contributed by atoms with Crippen LogP contribution in [0.4, 0.5) is 13.2 Å². The molecular formula is C3H8ClF3N2. The van der Waals surface area contributed by atoms with Crippen LogP contribution in [0.2, 0.25) is 0 Å². The van der Waals surface area contributed by atoms with Crippen LogP contribution in [0.25, 0.3) is 0 Å². The third kappa shape index (κ3) is 4.50. The van der Waals surface area contributed by atoms with E-state index < -0.39 is 12.2 Å². The van der Waals surface area contributed by atoms with Crippen LogP contribution < -0.4 is 11.3 Å². The summed E-state index contributed by atoms with van der Waals surface area (Å²) in [6, 6.07) is -1.62. The lowest BCUT2D eigenvalue weighted by Gasteiger charge is -2.12. The molecule has 2 nitrogen and oxygen atoms in total. The minimum Gasteiger partial charge on any atom is -0.271 e. The summed E-state index contributed by atoms with van der Waals surface area (Å²) < 4.78 is 33.9. The summed E-state index contributed by atoms with van der Waals surface area (Å²) in [4.78, 5) is 0. The summed E-state index contributed by atoms with van der Waals surface area (Å²) in [5, 5.41) is 0. The van der Waals surface area contributed by atoms with Crippen molar-refractivity contribution in [3.05, 3.63) is 0 Å². The van der Waals surface area contributed by atoms with Crippen LogP contribution in [-0.2, 0) is 0 Å². The Labute approximate surface area is 57.0 Å². The highest BCUT2D eigenvalue weighted by Crippen LogP contribution is 2.18. The molecule has 0 amide bonds. The second kappa shape index (κ2) is 3.92. The van der Waals surface area contributed by atoms with E-state index in [4.69, 9.17) is 0 Å². The molecule has 0 aliphatic carbocycles. The number of hydrogen-bond acceptors (Lipinski definition) is 2. The number of rotatable bonds is 1. The zero-order chi connectivity index (χ0) is 6.78. The number of hydrazine groups is 1. The first-order valence-electron chi connectivity index (χ1n) is 2.01. The Balaban J connectivity index is 0. The zero-order valence-electron chi connectivity index (χ0n) is 4.70. The van der Waals surface area contributed by atoms with E-state index in [0.29, 0.717) is 0 Å². The lowest BCUT2D eigenvalue weighted by Crippen LogP contribution is -2.43. The number of nitrogens with two attached hydrogens (primary N) is 1. The highest BCUT2D eigenvalue weighted by molar-refractivity contribution is 5.85. The molecule has 0 heterocycles. The second-order valence-electron chi connectivity index (χ2n) is 1.43. The van der Waals surface area contributed by atoms with Crippen LogP contribution in [0.3, 0.4) is 0 Å². The topological polar surface area (TPSA) is 38.0 Å². The molecule has 0 aliphatic heterocycles. The molecule has 0 saturated heterocycles. The molecule has 0 aromatic heterocycles. The second-order valence-corrected chi connectivity index (χ2v) is 1.43. The molecule has 0 spiro atoms. The Morgan fingerprint density at radius 2 is 1.78 bits per heavy atom. The molecule has 58 valence electrons. The SMILES string of the molecule is C[C@@H](NN)C(F)(F)F.Cl. The van der Waals surface area contributed by atoms with Crippen LogP contribution in [0, 0.1) is 0 Å². The molecule has 0 rings (SSSR count). The van der Waals surface area contributed by atoms with Crippen molar-refractivity contribution in [2.45, 2.75) is 19.1 Å². The van der Waals surface area contributed by atoms with Gasteiger partial charge in [-0.3, -0.25) is 5.84 Å². The van der Waals surface area contributed by atoms with Gasteiger partial charge < -0.3 is 0 Å². The van der Waals surface area contributed by atoms with Crippen LogP contribution in [0.15, 0.2) is 0 Å². The summed E-state index contributed by atoms with van der Waals surface area (Å²) in [5.41, 5.74) is 1.58. The van der Waals surface area contributed by atoms with Gasteiger partial charge in [-0.1, -0.05) is 0 Å². The van der Waals surface area contributed by atoms with Crippen molar-refractivity contribution < 1.29 is 13.2 Å². The van der Waals surface area contributed by atoms with Gasteiger partial charge in [0.2, 0.25) is 0 Å². The van der Waals surface area contributed by atoms with Crippen molar-refractivity contribution in [1.82, 2.24) is 5.43 Å². The largest absolute Gasteiger partial charge is 0.404 e. The minimum absolute atomic E-state index is 0. The number of halogens is 4. The van der Waals surface area contributed by atoms with E-state index in [1.54, 1.807) is 5.43 Å². The summed E-state index contributed by atoms with van der Waals surface area (Å²) >= 11 is 0. The molecule has 0 radical (unpaired) electrons. The average Bonchev–Trinajstić information content (AvgIpc) is 1.62. The fourth-order valence-electron chi connectivity index (χ4n) is 0.0945. The van der Waals surface area contributed by atoms with E-state index >= 15 is 0 Å². The van der Waals surface area contributed by atoms with Crippen molar-refractivity contribution in [1.29, 1.82) is 0 Å². The monoisotopic (exact) mass is 164 g/mol. The molecule has 0 aromatic rings. The van der Waals surface area contributed by atoms with Crippen LogP contribution >= 0.6 is 12.4 Å². The Hall–Kier alpha value is -0.0000000000000000555. The highest BCUT2D eigenvalue weighted by atomic mass is 35.5. The highest BCUT2D eigenvalue weighted by Gasteiger charge is 2.34. The first kappa shape index (κ1) is 11.8. The van der Waals surface area contributed by atoms with Gasteiger partial charge in [0.1, 0.15) is 6.04 Å². The van der Waals surface area contributed by atoms with E-state index in [0.717, 1.165) is 6.92 Å². The number of nitrogens with one attached hydrogen (secondary N) is 1. The van der Waals surface area contributed by atoms with Gasteiger partial charge in [-0.2, -0.15) is 13.2 Å². The molecule has 0 aromatic carbocycles. The average molecular weight is 165 g/mol. The van der Waals surface area contributed by atoms with E-state index in [9.17, 15) is 13.2 Å². The van der Waals surface area contributed by atoms with E-state index in [2.05, 4.69) is 5.84 Å². The summed E-state index contributed by atoms with van der Waals surface area (Å²) in [6.07, 6.45) is -4.23. The number of alkyl halides is 3. The number of hydrogen-bond donors (Lipinski definition) is 2. The van der Waals surface area contributed by atoms with Crippen molar-refractivity contribution in [3.63, 3.8) is 0 Å². The van der Waals surface area contributed by atoms with Crippen molar-refractivity contribution in [2.24, 2.45) is 5.84 Å². The quantitative estimate of drug-likeness (QED) is 0.445. The molecule has 0 saturated carbocycles. The lowest BCUT2D eigenvalue weighted by atomic mass is 10.4. The summed E-state index contributed by atoms with van der Waals surface area (Å²) in [5.74, 6) is 4.49. The van der Waals surface area contributed by atoms with Gasteiger partial charge in [-0.15, -0.1) is 12.4 Å². The van der Waals surface area contributed by atoms with Crippen molar-refractivity contribution in [2.75, 3.05) is 0 Å². The fourth-order valence-corrected chi connectivity index (χ4v) is 0.0945. The van der Waals surface area contributed by atoms with Gasteiger partial charge in [0, 0.05) is 0 Å². The molecule has 0 unspecified atom stereocenters. The molecule has 1 atom stereocenters. The smallest absolute Gasteiger partial charge is 0.271 e. The van der Waals surface area contributed by atoms with Gasteiger partial charge in [-0.05, 0) is 6.92 Å². The molecule has 3 N–H and O–H groups in total. The first-order valence-corrected chi connectivity index (χ1v) is 2.01. The maximum Gasteiger partial charge on any atom is 0.404 e. The van der Waals surface area contributed by atoms with Gasteiger partial charge in [0.15, 0.2) is 0 Å². The first-order chi connectivity index (χ1) is 3.48. The molecule has 6 heteroatoms. The van der Waals surface area contributed by atoms with E-state index in [1.165, 1.54) is 0 Å². The molecule has 0 aliphatic rings. The molecular weight excluding hydrogens is 156 g/mol. The normalized spacial score (nSPS) is 14.3. The fraction of sp³-hybridized carbons (Fsp3) is 1.00. The predicted molar refractivity (Wildman–Crippen MR) is 30.1 cm³/mol. The summed E-state index contributed by atoms with van der Waals surface area (Å²) in [7, 11) is 0. The maximum atomic E-state index is 11.3. The van der Waals surface area contributed by atoms with Crippen molar-refractivity contribution in [3.8, 4) is 0 Å². The Morgan fingerprint density at radius 3 is 1.78 bits per heavy atom. The zero-order valence-corrected chi connectivity index (χ0v) is 5.51. The van der Waals surface area contributed by atoms with Gasteiger partial charge in [0.05, 0.1) is 0 Å². The standard InChI is InChI=1S/C3H7F3N2.ClH/c1-2(8-7)3(4,5)6;/h2,8H,7H2,1H3;1H/t2-;/m1./s1. The predicted octanol–water partition coefficient (Wildman–Crippen LogP) is 0.822. The molecule has 0 fully saturated rings. The van der Waals surface area contributed by atoms with Crippen LogP contribution in [0.1, 0.15) is 6.92 Å². The van der Waals surface area contributed by atoms with Crippen molar-refractivity contribution >= 4 is 12.4 Å². The van der Waals surface area contributed by atoms with E-state index in [1.807, 2.05) is 0 Å².